The Balaban J connectivity index is 1.74. The molecule has 0 saturated carbocycles. The van der Waals surface area contributed by atoms with Gasteiger partial charge in [-0.2, -0.15) is 0 Å². The van der Waals surface area contributed by atoms with Crippen LogP contribution in [-0.4, -0.2) is 52.3 Å². The quantitative estimate of drug-likeness (QED) is 0.654. The maximum absolute atomic E-state index is 13.9. The molecule has 0 radical (unpaired) electrons. The fourth-order valence-corrected chi connectivity index (χ4v) is 6.84. The highest BCUT2D eigenvalue weighted by molar-refractivity contribution is 7.90. The van der Waals surface area contributed by atoms with E-state index in [2.05, 4.69) is 4.90 Å². The normalized spacial score (nSPS) is 26.6. The molecule has 0 aliphatic carbocycles. The minimum Gasteiger partial charge on any atom is -0.390 e. The van der Waals surface area contributed by atoms with Crippen molar-refractivity contribution in [1.82, 2.24) is 8.87 Å². The minimum atomic E-state index is -3.84. The van der Waals surface area contributed by atoms with Crippen LogP contribution in [-0.2, 0) is 16.4 Å². The van der Waals surface area contributed by atoms with E-state index in [-0.39, 0.29) is 10.9 Å². The highest BCUT2D eigenvalue weighted by atomic mass is 32.2. The third kappa shape index (κ3) is 3.06. The first-order valence-electron chi connectivity index (χ1n) is 10.9. The van der Waals surface area contributed by atoms with Gasteiger partial charge in [-0.05, 0) is 49.9 Å². The molecule has 0 bridgehead atoms. The number of aliphatic hydroxyl groups is 2. The maximum atomic E-state index is 13.9. The summed E-state index contributed by atoms with van der Waals surface area (Å²) < 4.78 is 29.2. The molecule has 6 nitrogen and oxygen atoms in total. The van der Waals surface area contributed by atoms with Gasteiger partial charge in [-0.1, -0.05) is 42.8 Å². The van der Waals surface area contributed by atoms with Crippen LogP contribution in [0.3, 0.4) is 0 Å². The Labute approximate surface area is 182 Å². The zero-order chi connectivity index (χ0) is 22.0. The van der Waals surface area contributed by atoms with Crippen LogP contribution in [0.5, 0.6) is 0 Å². The van der Waals surface area contributed by atoms with Crippen molar-refractivity contribution >= 4 is 20.9 Å². The molecule has 1 aromatic heterocycles. The Kier molecular flexibility index (Phi) is 4.79. The first-order chi connectivity index (χ1) is 14.8. The van der Waals surface area contributed by atoms with E-state index in [4.69, 9.17) is 0 Å². The van der Waals surface area contributed by atoms with Gasteiger partial charge in [-0.3, -0.25) is 4.90 Å². The Bertz CT molecular complexity index is 1250. The van der Waals surface area contributed by atoms with Crippen LogP contribution < -0.4 is 0 Å². The Morgan fingerprint density at radius 1 is 1.13 bits per heavy atom. The van der Waals surface area contributed by atoms with Crippen LogP contribution in [0.2, 0.25) is 0 Å². The second-order valence-electron chi connectivity index (χ2n) is 8.91. The van der Waals surface area contributed by atoms with Crippen LogP contribution >= 0.6 is 0 Å². The van der Waals surface area contributed by atoms with Crippen molar-refractivity contribution in [1.29, 1.82) is 0 Å². The molecule has 3 atom stereocenters. The van der Waals surface area contributed by atoms with Gasteiger partial charge < -0.3 is 10.2 Å². The molecule has 164 valence electrons. The molecule has 1 saturated heterocycles. The van der Waals surface area contributed by atoms with E-state index in [1.54, 1.807) is 12.1 Å². The molecule has 2 N–H and O–H groups in total. The van der Waals surface area contributed by atoms with Crippen molar-refractivity contribution in [3.8, 4) is 0 Å². The average molecular weight is 441 g/mol. The summed E-state index contributed by atoms with van der Waals surface area (Å²) in [5.41, 5.74) is 2.26. The number of hydrogen-bond donors (Lipinski definition) is 2. The monoisotopic (exact) mass is 440 g/mol. The minimum absolute atomic E-state index is 0.250. The van der Waals surface area contributed by atoms with Crippen molar-refractivity contribution in [3.63, 3.8) is 0 Å². The van der Waals surface area contributed by atoms with E-state index >= 15 is 0 Å². The van der Waals surface area contributed by atoms with Crippen molar-refractivity contribution in [3.05, 3.63) is 65.4 Å². The van der Waals surface area contributed by atoms with Crippen LogP contribution in [0.4, 0.5) is 0 Å². The van der Waals surface area contributed by atoms with Gasteiger partial charge in [0, 0.05) is 18.5 Å². The molecule has 31 heavy (non-hydrogen) atoms. The number of benzene rings is 2. The smallest absolute Gasteiger partial charge is 0.268 e. The fourth-order valence-electron chi connectivity index (χ4n) is 5.24. The van der Waals surface area contributed by atoms with Gasteiger partial charge in [0.2, 0.25) is 0 Å². The first kappa shape index (κ1) is 20.7. The topological polar surface area (TPSA) is 82.8 Å². The lowest BCUT2D eigenvalue weighted by molar-refractivity contribution is -0.141. The van der Waals surface area contributed by atoms with E-state index in [0.717, 1.165) is 28.8 Å². The molecule has 2 aliphatic rings. The summed E-state index contributed by atoms with van der Waals surface area (Å²) in [5, 5.41) is 22.6. The number of aliphatic hydroxyl groups excluding tert-OH is 1. The summed E-state index contributed by atoms with van der Waals surface area (Å²) in [6.45, 7) is 4.86. The summed E-state index contributed by atoms with van der Waals surface area (Å²) in [5.74, 6) is 0. The van der Waals surface area contributed by atoms with E-state index in [1.165, 1.54) is 3.97 Å². The lowest BCUT2D eigenvalue weighted by Crippen LogP contribution is -2.59. The van der Waals surface area contributed by atoms with Gasteiger partial charge in [0.15, 0.2) is 0 Å². The number of nitrogens with zero attached hydrogens (tertiary/aromatic N) is 2. The summed E-state index contributed by atoms with van der Waals surface area (Å²) in [7, 11) is -3.84. The summed E-state index contributed by atoms with van der Waals surface area (Å²) in [6, 6.07) is 14.3. The Hall–Kier alpha value is -2.19. The zero-order valence-electron chi connectivity index (χ0n) is 17.8. The van der Waals surface area contributed by atoms with E-state index < -0.39 is 21.7 Å². The van der Waals surface area contributed by atoms with Crippen LogP contribution in [0, 0.1) is 6.92 Å². The predicted octanol–water partition coefficient (Wildman–Crippen LogP) is 2.99. The molecule has 5 rings (SSSR count). The van der Waals surface area contributed by atoms with Crippen LogP contribution in [0.15, 0.2) is 53.4 Å². The van der Waals surface area contributed by atoms with Crippen LogP contribution in [0.1, 0.15) is 42.6 Å². The highest BCUT2D eigenvalue weighted by Gasteiger charge is 2.48. The van der Waals surface area contributed by atoms with Crippen molar-refractivity contribution in [2.45, 2.75) is 55.8 Å². The van der Waals surface area contributed by atoms with Crippen molar-refractivity contribution < 1.29 is 18.6 Å². The number of fused-ring (bicyclic) bond motifs is 5. The number of aryl methyl sites for hydroxylation is 1. The highest BCUT2D eigenvalue weighted by Crippen LogP contribution is 2.45. The molecule has 2 aliphatic heterocycles. The first-order valence-corrected chi connectivity index (χ1v) is 12.3. The van der Waals surface area contributed by atoms with E-state index in [9.17, 15) is 18.6 Å². The third-order valence-corrected chi connectivity index (χ3v) is 8.84. The molecule has 3 heterocycles. The van der Waals surface area contributed by atoms with Gasteiger partial charge >= 0.3 is 0 Å². The Morgan fingerprint density at radius 2 is 1.84 bits per heavy atom. The van der Waals surface area contributed by atoms with Gasteiger partial charge in [-0.25, -0.2) is 12.4 Å². The maximum Gasteiger partial charge on any atom is 0.268 e. The molecule has 7 heteroatoms. The largest absolute Gasteiger partial charge is 0.390 e. The molecule has 1 fully saturated rings. The second-order valence-corrected chi connectivity index (χ2v) is 10.7. The molecule has 0 amide bonds. The third-order valence-electron chi connectivity index (χ3n) is 7.10. The number of rotatable bonds is 3. The number of para-hydroxylation sites is 1. The Morgan fingerprint density at radius 3 is 2.55 bits per heavy atom. The molecular weight excluding hydrogens is 412 g/mol. The molecule has 2 aromatic carbocycles. The van der Waals surface area contributed by atoms with Gasteiger partial charge in [0.05, 0.1) is 28.3 Å². The lowest BCUT2D eigenvalue weighted by Gasteiger charge is -2.49. The number of hydrogen-bond acceptors (Lipinski definition) is 5. The second kappa shape index (κ2) is 7.17. The van der Waals surface area contributed by atoms with E-state index in [1.807, 2.05) is 50.2 Å². The molecule has 3 unspecified atom stereocenters. The summed E-state index contributed by atoms with van der Waals surface area (Å²) >= 11 is 0. The average Bonchev–Trinajstić information content (AvgIpc) is 3.10. The van der Waals surface area contributed by atoms with Crippen molar-refractivity contribution in [2.75, 3.05) is 13.1 Å². The molecule has 0 spiro atoms. The zero-order valence-corrected chi connectivity index (χ0v) is 18.6. The number of piperidine rings is 1. The van der Waals surface area contributed by atoms with Crippen LogP contribution in [0.25, 0.3) is 10.9 Å². The number of aromatic nitrogens is 1. The van der Waals surface area contributed by atoms with Gasteiger partial charge in [0.25, 0.3) is 10.0 Å². The van der Waals surface area contributed by atoms with E-state index in [0.29, 0.717) is 31.3 Å². The molecule has 3 aromatic rings. The fraction of sp³-hybridized carbons (Fsp3) is 0.417. The summed E-state index contributed by atoms with van der Waals surface area (Å²) in [4.78, 5) is 2.39. The van der Waals surface area contributed by atoms with Crippen molar-refractivity contribution in [2.24, 2.45) is 0 Å². The lowest BCUT2D eigenvalue weighted by atomic mass is 9.80. The SMILES string of the molecule is CCC1(O)CN2CCc3c(n(S(=O)(=O)c4ccc(C)cc4)c4ccccc34)C2CC1O. The summed E-state index contributed by atoms with van der Waals surface area (Å²) in [6.07, 6.45) is 0.559. The predicted molar refractivity (Wildman–Crippen MR) is 120 cm³/mol. The van der Waals surface area contributed by atoms with Gasteiger partial charge in [0.1, 0.15) is 5.60 Å². The molecular formula is C24H28N2O4S. The van der Waals surface area contributed by atoms with Gasteiger partial charge in [-0.15, -0.1) is 0 Å². The standard InChI is InChI=1S/C24H28N2O4S/c1-3-24(28)15-25-13-12-19-18-6-4-5-7-20(18)26(23(19)21(25)14-22(24)27)31(29,30)17-10-8-16(2)9-11-17/h4-11,21-22,27-28H,3,12-15H2,1-2H3.